The molecule has 20 heavy (non-hydrogen) atoms. The number of carbonyl (C=O) groups is 2. The summed E-state index contributed by atoms with van der Waals surface area (Å²) in [4.78, 5) is 23.2. The number of carbonyl (C=O) groups excluding carboxylic acids is 2. The molecule has 3 atom stereocenters. The van der Waals surface area contributed by atoms with Crippen molar-refractivity contribution in [3.63, 3.8) is 0 Å². The molecule has 1 saturated heterocycles. The first-order valence-corrected chi connectivity index (χ1v) is 7.56. The second-order valence-electron chi connectivity index (χ2n) is 6.00. The Bertz CT molecular complexity index is 354. The summed E-state index contributed by atoms with van der Waals surface area (Å²) in [7, 11) is 1.64. The van der Waals surface area contributed by atoms with Crippen LogP contribution in [0.4, 0.5) is 0 Å². The minimum Gasteiger partial charge on any atom is -0.379 e. The monoisotopic (exact) mass is 283 g/mol. The van der Waals surface area contributed by atoms with Crippen molar-refractivity contribution in [2.45, 2.75) is 63.3 Å². The Kier molecular flexibility index (Phi) is 5.29. The summed E-state index contributed by atoms with van der Waals surface area (Å²) in [6, 6.07) is 0.259. The third-order valence-corrected chi connectivity index (χ3v) is 4.64. The summed E-state index contributed by atoms with van der Waals surface area (Å²) in [6.45, 7) is 2.29. The van der Waals surface area contributed by atoms with Crippen molar-refractivity contribution in [1.82, 2.24) is 5.32 Å². The van der Waals surface area contributed by atoms with Gasteiger partial charge in [0, 0.05) is 19.1 Å². The van der Waals surface area contributed by atoms with Crippen molar-refractivity contribution in [3.05, 3.63) is 0 Å². The molecule has 1 N–H and O–H groups in total. The van der Waals surface area contributed by atoms with Gasteiger partial charge in [0.25, 0.3) is 0 Å². The molecular formula is C15H25NO4. The quantitative estimate of drug-likeness (QED) is 0.611. The van der Waals surface area contributed by atoms with Gasteiger partial charge in [0.15, 0.2) is 12.0 Å². The molecule has 0 aromatic rings. The smallest absolute Gasteiger partial charge is 0.242 e. The fourth-order valence-corrected chi connectivity index (χ4v) is 3.37. The van der Waals surface area contributed by atoms with E-state index in [1.54, 1.807) is 7.11 Å². The number of nitrogens with one attached hydrogen (secondary N) is 1. The molecule has 114 valence electrons. The van der Waals surface area contributed by atoms with E-state index in [9.17, 15) is 9.59 Å². The largest absolute Gasteiger partial charge is 0.379 e. The van der Waals surface area contributed by atoms with Crippen molar-refractivity contribution in [2.24, 2.45) is 5.92 Å². The highest BCUT2D eigenvalue weighted by atomic mass is 16.6. The van der Waals surface area contributed by atoms with Crippen molar-refractivity contribution in [2.75, 3.05) is 13.7 Å². The van der Waals surface area contributed by atoms with Crippen LogP contribution in [0.2, 0.25) is 0 Å². The highest BCUT2D eigenvalue weighted by Gasteiger charge is 2.49. The number of Topliss-reactive ketones (excluding diaryl/α,β-unsaturated/α-hetero) is 1. The first kappa shape index (κ1) is 15.6. The Morgan fingerprint density at radius 3 is 2.60 bits per heavy atom. The van der Waals surface area contributed by atoms with Crippen LogP contribution in [0.25, 0.3) is 0 Å². The Morgan fingerprint density at radius 2 is 2.05 bits per heavy atom. The SMILES string of the molecule is COC1COC(NC2CCCCC2)(C(=O)C=O)C(C)C1. The van der Waals surface area contributed by atoms with Crippen molar-refractivity contribution >= 4 is 12.1 Å². The van der Waals surface area contributed by atoms with Crippen LogP contribution in [0.15, 0.2) is 0 Å². The van der Waals surface area contributed by atoms with E-state index in [4.69, 9.17) is 9.47 Å². The normalized spacial score (nSPS) is 35.7. The van der Waals surface area contributed by atoms with Gasteiger partial charge in [-0.15, -0.1) is 0 Å². The van der Waals surface area contributed by atoms with Crippen LogP contribution in [0.3, 0.4) is 0 Å². The first-order chi connectivity index (χ1) is 9.62. The lowest BCUT2D eigenvalue weighted by Gasteiger charge is -2.45. The van der Waals surface area contributed by atoms with Crippen molar-refractivity contribution in [1.29, 1.82) is 0 Å². The minimum absolute atomic E-state index is 0.00858. The molecule has 3 unspecified atom stereocenters. The predicted molar refractivity (Wildman–Crippen MR) is 74.3 cm³/mol. The highest BCUT2D eigenvalue weighted by Crippen LogP contribution is 2.32. The second kappa shape index (κ2) is 6.78. The van der Waals surface area contributed by atoms with Gasteiger partial charge in [0.2, 0.25) is 5.78 Å². The molecule has 1 saturated carbocycles. The van der Waals surface area contributed by atoms with E-state index in [1.165, 1.54) is 6.42 Å². The van der Waals surface area contributed by atoms with E-state index in [0.717, 1.165) is 32.1 Å². The minimum atomic E-state index is -1.15. The number of hydrogen-bond donors (Lipinski definition) is 1. The fraction of sp³-hybridized carbons (Fsp3) is 0.867. The molecule has 2 fully saturated rings. The van der Waals surface area contributed by atoms with Crippen LogP contribution in [0.5, 0.6) is 0 Å². The summed E-state index contributed by atoms with van der Waals surface area (Å²) >= 11 is 0. The average Bonchev–Trinajstić information content (AvgIpc) is 2.49. The molecular weight excluding hydrogens is 258 g/mol. The Labute approximate surface area is 120 Å². The van der Waals surface area contributed by atoms with Gasteiger partial charge in [0.1, 0.15) is 0 Å². The van der Waals surface area contributed by atoms with Gasteiger partial charge < -0.3 is 9.47 Å². The van der Waals surface area contributed by atoms with E-state index in [0.29, 0.717) is 12.9 Å². The standard InChI is InChI=1S/C15H25NO4/c1-11-8-13(19-2)10-20-15(11,14(18)9-17)16-12-6-4-3-5-7-12/h9,11-13,16H,3-8,10H2,1-2H3. The van der Waals surface area contributed by atoms with Gasteiger partial charge in [-0.25, -0.2) is 0 Å². The molecule has 1 aliphatic heterocycles. The van der Waals surface area contributed by atoms with Gasteiger partial charge in [0.05, 0.1) is 12.7 Å². The van der Waals surface area contributed by atoms with Crippen LogP contribution in [-0.2, 0) is 19.1 Å². The zero-order valence-corrected chi connectivity index (χ0v) is 12.4. The molecule has 5 heteroatoms. The first-order valence-electron chi connectivity index (χ1n) is 7.56. The number of rotatable bonds is 5. The van der Waals surface area contributed by atoms with E-state index < -0.39 is 11.5 Å². The van der Waals surface area contributed by atoms with E-state index in [2.05, 4.69) is 5.32 Å². The summed E-state index contributed by atoms with van der Waals surface area (Å²) in [5.74, 6) is -0.578. The fourth-order valence-electron chi connectivity index (χ4n) is 3.37. The van der Waals surface area contributed by atoms with E-state index >= 15 is 0 Å². The molecule has 2 rings (SSSR count). The molecule has 1 aliphatic carbocycles. The zero-order valence-electron chi connectivity index (χ0n) is 12.4. The predicted octanol–water partition coefficient (Wildman–Crippen LogP) is 1.44. The molecule has 0 aromatic heterocycles. The van der Waals surface area contributed by atoms with Crippen molar-refractivity contribution < 1.29 is 19.1 Å². The molecule has 0 radical (unpaired) electrons. The lowest BCUT2D eigenvalue weighted by molar-refractivity contribution is -0.191. The third kappa shape index (κ3) is 3.10. The Morgan fingerprint density at radius 1 is 1.35 bits per heavy atom. The molecule has 0 bridgehead atoms. The van der Waals surface area contributed by atoms with Gasteiger partial charge in [-0.3, -0.25) is 14.9 Å². The van der Waals surface area contributed by atoms with Gasteiger partial charge in [-0.05, 0) is 19.3 Å². The van der Waals surface area contributed by atoms with Gasteiger partial charge >= 0.3 is 0 Å². The van der Waals surface area contributed by atoms with Crippen molar-refractivity contribution in [3.8, 4) is 0 Å². The summed E-state index contributed by atoms with van der Waals surface area (Å²) in [5, 5.41) is 3.36. The van der Waals surface area contributed by atoms with Crippen LogP contribution in [0, 0.1) is 5.92 Å². The molecule has 5 nitrogen and oxygen atoms in total. The lowest BCUT2D eigenvalue weighted by atomic mass is 9.84. The second-order valence-corrected chi connectivity index (χ2v) is 6.00. The van der Waals surface area contributed by atoms with Gasteiger partial charge in [-0.2, -0.15) is 0 Å². The zero-order chi connectivity index (χ0) is 14.6. The summed E-state index contributed by atoms with van der Waals surface area (Å²) < 4.78 is 11.1. The van der Waals surface area contributed by atoms with Crippen LogP contribution in [-0.4, -0.2) is 43.7 Å². The number of ketones is 1. The van der Waals surface area contributed by atoms with E-state index in [-0.39, 0.29) is 18.1 Å². The molecule has 0 aromatic carbocycles. The van der Waals surface area contributed by atoms with E-state index in [1.807, 2.05) is 6.92 Å². The van der Waals surface area contributed by atoms with Crippen LogP contribution < -0.4 is 5.32 Å². The number of aldehydes is 1. The summed E-state index contributed by atoms with van der Waals surface area (Å²) in [6.07, 6.45) is 6.75. The maximum atomic E-state index is 12.2. The number of methoxy groups -OCH3 is 1. The topological polar surface area (TPSA) is 64.6 Å². The average molecular weight is 283 g/mol. The number of ether oxygens (including phenoxy) is 2. The maximum Gasteiger partial charge on any atom is 0.242 e. The molecule has 2 aliphatic rings. The number of hydrogen-bond acceptors (Lipinski definition) is 5. The lowest BCUT2D eigenvalue weighted by Crippen LogP contribution is -2.65. The van der Waals surface area contributed by atoms with Crippen LogP contribution in [0.1, 0.15) is 45.4 Å². The maximum absolute atomic E-state index is 12.2. The molecule has 0 amide bonds. The Balaban J connectivity index is 2.13. The third-order valence-electron chi connectivity index (χ3n) is 4.64. The molecule has 1 heterocycles. The Hall–Kier alpha value is -0.780. The molecule has 0 spiro atoms. The van der Waals surface area contributed by atoms with Gasteiger partial charge in [-0.1, -0.05) is 26.2 Å². The highest BCUT2D eigenvalue weighted by molar-refractivity contribution is 6.28. The van der Waals surface area contributed by atoms with Crippen LogP contribution >= 0.6 is 0 Å². The summed E-state index contributed by atoms with van der Waals surface area (Å²) in [5.41, 5.74) is -1.15.